The Balaban J connectivity index is 1.62. The van der Waals surface area contributed by atoms with Gasteiger partial charge in [0.2, 0.25) is 0 Å². The number of amides is 1. The van der Waals surface area contributed by atoms with E-state index in [0.29, 0.717) is 18.0 Å². The van der Waals surface area contributed by atoms with E-state index in [1.54, 1.807) is 12.1 Å². The first kappa shape index (κ1) is 18.0. The van der Waals surface area contributed by atoms with Gasteiger partial charge in [0.1, 0.15) is 19.0 Å². The average Bonchev–Trinajstić information content (AvgIpc) is 2.67. The molecule has 0 saturated carbocycles. The molecule has 0 aliphatic heterocycles. The topological polar surface area (TPSA) is 47.6 Å². The van der Waals surface area contributed by atoms with Gasteiger partial charge in [-0.1, -0.05) is 76.6 Å². The van der Waals surface area contributed by atoms with Gasteiger partial charge in [-0.2, -0.15) is 0 Å². The molecule has 1 N–H and O–H groups in total. The molecule has 0 spiro atoms. The Morgan fingerprint density at radius 1 is 0.846 bits per heavy atom. The summed E-state index contributed by atoms with van der Waals surface area (Å²) in [6.07, 6.45) is -0.531. The van der Waals surface area contributed by atoms with E-state index < -0.39 is 6.09 Å². The van der Waals surface area contributed by atoms with Gasteiger partial charge < -0.3 is 9.47 Å². The smallest absolute Gasteiger partial charge is 0.412 e. The fraction of sp³-hybridized carbons (Fsp3) is 0.0952. The standard InChI is InChI=1S/C21H18BrNO3/c22-18-11-12-20(25-14-16-7-3-1-4-8-16)19(13-18)23-21(24)26-15-17-9-5-2-6-10-17/h1-13H,14-15H2,(H,23,24). The molecule has 0 bridgehead atoms. The van der Waals surface area contributed by atoms with Crippen LogP contribution in [0.3, 0.4) is 0 Å². The summed E-state index contributed by atoms with van der Waals surface area (Å²) in [4.78, 5) is 12.1. The number of benzene rings is 3. The van der Waals surface area contributed by atoms with Crippen LogP contribution in [0.1, 0.15) is 11.1 Å². The molecule has 3 rings (SSSR count). The van der Waals surface area contributed by atoms with Gasteiger partial charge in [-0.3, -0.25) is 5.32 Å². The van der Waals surface area contributed by atoms with Crippen LogP contribution in [0.5, 0.6) is 5.75 Å². The molecule has 0 fully saturated rings. The second kappa shape index (κ2) is 9.06. The fourth-order valence-corrected chi connectivity index (χ4v) is 2.69. The zero-order chi connectivity index (χ0) is 18.2. The van der Waals surface area contributed by atoms with Crippen molar-refractivity contribution in [2.24, 2.45) is 0 Å². The molecule has 4 nitrogen and oxygen atoms in total. The van der Waals surface area contributed by atoms with E-state index in [2.05, 4.69) is 21.2 Å². The van der Waals surface area contributed by atoms with E-state index in [9.17, 15) is 4.79 Å². The highest BCUT2D eigenvalue weighted by Crippen LogP contribution is 2.29. The largest absolute Gasteiger partial charge is 0.487 e. The lowest BCUT2D eigenvalue weighted by Crippen LogP contribution is -2.14. The van der Waals surface area contributed by atoms with Crippen molar-refractivity contribution < 1.29 is 14.3 Å². The first-order chi connectivity index (χ1) is 12.7. The molecule has 0 aromatic heterocycles. The number of carbonyl (C=O) groups is 1. The lowest BCUT2D eigenvalue weighted by atomic mass is 10.2. The summed E-state index contributed by atoms with van der Waals surface area (Å²) >= 11 is 3.41. The first-order valence-corrected chi connectivity index (χ1v) is 8.94. The lowest BCUT2D eigenvalue weighted by molar-refractivity contribution is 0.155. The zero-order valence-electron chi connectivity index (χ0n) is 14.0. The zero-order valence-corrected chi connectivity index (χ0v) is 15.6. The van der Waals surface area contributed by atoms with Crippen molar-refractivity contribution in [2.75, 3.05) is 5.32 Å². The molecule has 3 aromatic carbocycles. The molecule has 26 heavy (non-hydrogen) atoms. The summed E-state index contributed by atoms with van der Waals surface area (Å²) in [5.41, 5.74) is 2.53. The van der Waals surface area contributed by atoms with Crippen molar-refractivity contribution in [3.05, 3.63) is 94.5 Å². The maximum atomic E-state index is 12.1. The van der Waals surface area contributed by atoms with E-state index in [0.717, 1.165) is 15.6 Å². The SMILES string of the molecule is O=C(Nc1cc(Br)ccc1OCc1ccccc1)OCc1ccccc1. The Bertz CT molecular complexity index is 854. The molecule has 132 valence electrons. The van der Waals surface area contributed by atoms with Crippen LogP contribution in [0, 0.1) is 0 Å². The number of rotatable bonds is 6. The number of hydrogen-bond acceptors (Lipinski definition) is 3. The molecule has 0 aliphatic rings. The average molecular weight is 412 g/mol. The number of carbonyl (C=O) groups excluding carboxylic acids is 1. The van der Waals surface area contributed by atoms with Gasteiger partial charge >= 0.3 is 6.09 Å². The van der Waals surface area contributed by atoms with Crippen LogP contribution in [0.15, 0.2) is 83.3 Å². The molecular weight excluding hydrogens is 394 g/mol. The van der Waals surface area contributed by atoms with Crippen LogP contribution in [0.4, 0.5) is 10.5 Å². The maximum Gasteiger partial charge on any atom is 0.412 e. The molecular formula is C21H18BrNO3. The highest BCUT2D eigenvalue weighted by Gasteiger charge is 2.10. The van der Waals surface area contributed by atoms with Gasteiger partial charge in [0.25, 0.3) is 0 Å². The Morgan fingerprint density at radius 2 is 1.46 bits per heavy atom. The lowest BCUT2D eigenvalue weighted by Gasteiger charge is -2.13. The molecule has 0 saturated heterocycles. The Morgan fingerprint density at radius 3 is 2.12 bits per heavy atom. The number of halogens is 1. The van der Waals surface area contributed by atoms with Gasteiger partial charge in [-0.25, -0.2) is 4.79 Å². The molecule has 3 aromatic rings. The van der Waals surface area contributed by atoms with Crippen LogP contribution in [0.25, 0.3) is 0 Å². The van der Waals surface area contributed by atoms with Gasteiger partial charge in [0.15, 0.2) is 0 Å². The van der Waals surface area contributed by atoms with Crippen molar-refractivity contribution in [3.63, 3.8) is 0 Å². The molecule has 5 heteroatoms. The van der Waals surface area contributed by atoms with Gasteiger partial charge in [0, 0.05) is 4.47 Å². The Hall–Kier alpha value is -2.79. The highest BCUT2D eigenvalue weighted by atomic mass is 79.9. The molecule has 1 amide bonds. The van der Waals surface area contributed by atoms with Gasteiger partial charge in [0.05, 0.1) is 5.69 Å². The minimum atomic E-state index is -0.531. The van der Waals surface area contributed by atoms with E-state index >= 15 is 0 Å². The number of ether oxygens (including phenoxy) is 2. The van der Waals surface area contributed by atoms with Crippen LogP contribution in [-0.2, 0) is 18.0 Å². The fourth-order valence-electron chi connectivity index (χ4n) is 2.33. The summed E-state index contributed by atoms with van der Waals surface area (Å²) in [7, 11) is 0. The third-order valence-electron chi connectivity index (χ3n) is 3.63. The van der Waals surface area contributed by atoms with Crippen LogP contribution >= 0.6 is 15.9 Å². The van der Waals surface area contributed by atoms with Gasteiger partial charge in [-0.15, -0.1) is 0 Å². The molecule has 0 atom stereocenters. The summed E-state index contributed by atoms with van der Waals surface area (Å²) < 4.78 is 12.0. The molecule has 0 heterocycles. The minimum Gasteiger partial charge on any atom is -0.487 e. The second-order valence-corrected chi connectivity index (χ2v) is 6.52. The maximum absolute atomic E-state index is 12.1. The van der Waals surface area contributed by atoms with Crippen molar-refractivity contribution in [1.29, 1.82) is 0 Å². The summed E-state index contributed by atoms with van der Waals surface area (Å²) in [6, 6.07) is 24.8. The van der Waals surface area contributed by atoms with Crippen molar-refractivity contribution >= 4 is 27.7 Å². The van der Waals surface area contributed by atoms with Crippen LogP contribution < -0.4 is 10.1 Å². The molecule has 0 unspecified atom stereocenters. The van der Waals surface area contributed by atoms with Crippen molar-refractivity contribution in [3.8, 4) is 5.75 Å². The van der Waals surface area contributed by atoms with Crippen molar-refractivity contribution in [1.82, 2.24) is 0 Å². The molecule has 0 aliphatic carbocycles. The Kier molecular flexibility index (Phi) is 6.28. The highest BCUT2D eigenvalue weighted by molar-refractivity contribution is 9.10. The van der Waals surface area contributed by atoms with E-state index in [1.807, 2.05) is 66.7 Å². The Labute approximate surface area is 160 Å². The van der Waals surface area contributed by atoms with E-state index in [1.165, 1.54) is 0 Å². The molecule has 0 radical (unpaired) electrons. The monoisotopic (exact) mass is 411 g/mol. The minimum absolute atomic E-state index is 0.209. The number of hydrogen-bond donors (Lipinski definition) is 1. The summed E-state index contributed by atoms with van der Waals surface area (Å²) in [6.45, 7) is 0.622. The van der Waals surface area contributed by atoms with E-state index in [4.69, 9.17) is 9.47 Å². The van der Waals surface area contributed by atoms with Crippen molar-refractivity contribution in [2.45, 2.75) is 13.2 Å². The van der Waals surface area contributed by atoms with Crippen LogP contribution in [0.2, 0.25) is 0 Å². The van der Waals surface area contributed by atoms with Gasteiger partial charge in [-0.05, 0) is 29.3 Å². The predicted molar refractivity (Wildman–Crippen MR) is 105 cm³/mol. The van der Waals surface area contributed by atoms with Crippen LogP contribution in [-0.4, -0.2) is 6.09 Å². The summed E-state index contributed by atoms with van der Waals surface area (Å²) in [5.74, 6) is 0.578. The predicted octanol–water partition coefficient (Wildman–Crippen LogP) is 5.78. The normalized spacial score (nSPS) is 10.2. The quantitative estimate of drug-likeness (QED) is 0.559. The van der Waals surface area contributed by atoms with E-state index in [-0.39, 0.29) is 6.61 Å². The first-order valence-electron chi connectivity index (χ1n) is 8.15. The third kappa shape index (κ3) is 5.36. The second-order valence-electron chi connectivity index (χ2n) is 5.60. The third-order valence-corrected chi connectivity index (χ3v) is 4.12. The summed E-state index contributed by atoms with van der Waals surface area (Å²) in [5, 5.41) is 2.74. The number of nitrogens with one attached hydrogen (secondary N) is 1. The number of anilines is 1.